The predicted molar refractivity (Wildman–Crippen MR) is 110 cm³/mol. The van der Waals surface area contributed by atoms with Crippen LogP contribution in [0.15, 0.2) is 27.8 Å². The summed E-state index contributed by atoms with van der Waals surface area (Å²) in [7, 11) is 1.54. The second-order valence-corrected chi connectivity index (χ2v) is 6.63. The Hall–Kier alpha value is -3.03. The minimum Gasteiger partial charge on any atom is -0.496 e. The van der Waals surface area contributed by atoms with E-state index in [2.05, 4.69) is 4.98 Å². The van der Waals surface area contributed by atoms with Crippen LogP contribution in [0.5, 0.6) is 5.75 Å². The first-order valence-corrected chi connectivity index (χ1v) is 9.40. The highest BCUT2D eigenvalue weighted by molar-refractivity contribution is 5.97. The normalized spacial score (nSPS) is 10.7. The Morgan fingerprint density at radius 1 is 1.29 bits per heavy atom. The van der Waals surface area contributed by atoms with Gasteiger partial charge in [0, 0.05) is 18.7 Å². The van der Waals surface area contributed by atoms with Crippen molar-refractivity contribution in [2.24, 2.45) is 0 Å². The summed E-state index contributed by atoms with van der Waals surface area (Å²) in [6.07, 6.45) is 1.64. The number of hydrogen-bond donors (Lipinski definition) is 2. The second kappa shape index (κ2) is 9.25. The predicted octanol–water partition coefficient (Wildman–Crippen LogP) is 1.83. The number of nitrogen functional groups attached to an aromatic ring is 1. The molecule has 0 atom stereocenters. The number of nitrogens with zero attached hydrogens (tertiary/aromatic N) is 2. The van der Waals surface area contributed by atoms with Crippen LogP contribution < -0.4 is 26.6 Å². The zero-order valence-corrected chi connectivity index (χ0v) is 16.9. The van der Waals surface area contributed by atoms with Gasteiger partial charge < -0.3 is 15.4 Å². The molecule has 8 heteroatoms. The topological polar surface area (TPSA) is 110 Å². The number of nitrogens with one attached hydrogen (secondary N) is 1. The van der Waals surface area contributed by atoms with E-state index in [1.807, 2.05) is 26.0 Å². The van der Waals surface area contributed by atoms with Crippen molar-refractivity contribution in [3.8, 4) is 5.75 Å². The summed E-state index contributed by atoms with van der Waals surface area (Å²) in [4.78, 5) is 41.2. The van der Waals surface area contributed by atoms with Gasteiger partial charge in [0.1, 0.15) is 11.6 Å². The zero-order valence-electron chi connectivity index (χ0n) is 16.9. The van der Waals surface area contributed by atoms with Gasteiger partial charge in [-0.3, -0.25) is 19.1 Å². The molecule has 152 valence electrons. The van der Waals surface area contributed by atoms with Crippen LogP contribution in [0.1, 0.15) is 37.8 Å². The average molecular weight is 388 g/mol. The molecule has 8 nitrogen and oxygen atoms in total. The van der Waals surface area contributed by atoms with Gasteiger partial charge >= 0.3 is 5.69 Å². The number of rotatable bonds is 8. The molecule has 0 aliphatic carbocycles. The molecule has 0 unspecified atom stereocenters. The fourth-order valence-electron chi connectivity index (χ4n) is 3.14. The Labute approximate surface area is 163 Å². The van der Waals surface area contributed by atoms with Gasteiger partial charge in [-0.2, -0.15) is 0 Å². The van der Waals surface area contributed by atoms with Gasteiger partial charge in [0.2, 0.25) is 5.91 Å². The number of hydrogen-bond acceptors (Lipinski definition) is 5. The summed E-state index contributed by atoms with van der Waals surface area (Å²) < 4.78 is 6.65. The van der Waals surface area contributed by atoms with Gasteiger partial charge in [-0.05, 0) is 26.3 Å². The Balaban J connectivity index is 2.45. The zero-order chi connectivity index (χ0) is 20.8. The quantitative estimate of drug-likeness (QED) is 0.717. The first kappa shape index (κ1) is 21.3. The summed E-state index contributed by atoms with van der Waals surface area (Å²) in [6, 6.07) is 5.58. The van der Waals surface area contributed by atoms with E-state index in [0.29, 0.717) is 12.3 Å². The monoisotopic (exact) mass is 388 g/mol. The number of ether oxygens (including phenoxy) is 1. The van der Waals surface area contributed by atoms with Crippen molar-refractivity contribution in [3.63, 3.8) is 0 Å². The molecule has 1 aromatic heterocycles. The number of carbonyl (C=O) groups is 1. The molecule has 0 bridgehead atoms. The summed E-state index contributed by atoms with van der Waals surface area (Å²) in [6.45, 7) is 6.29. The number of unbranched alkanes of at least 4 members (excludes halogenated alkanes) is 1. The van der Waals surface area contributed by atoms with Crippen LogP contribution in [0.25, 0.3) is 0 Å². The van der Waals surface area contributed by atoms with Gasteiger partial charge in [0.25, 0.3) is 5.56 Å². The van der Waals surface area contributed by atoms with Crippen molar-refractivity contribution in [2.45, 2.75) is 46.6 Å². The molecule has 1 heterocycles. The molecule has 0 aliphatic rings. The highest BCUT2D eigenvalue weighted by Gasteiger charge is 2.23. The van der Waals surface area contributed by atoms with E-state index in [-0.39, 0.29) is 30.4 Å². The highest BCUT2D eigenvalue weighted by Crippen LogP contribution is 2.23. The van der Waals surface area contributed by atoms with E-state index in [0.717, 1.165) is 24.0 Å². The number of nitrogens with two attached hydrogens (primary N) is 1. The number of H-pyrrole nitrogens is 1. The molecule has 3 N–H and O–H groups in total. The molecular formula is C20H28N4O4. The van der Waals surface area contributed by atoms with Gasteiger partial charge in [-0.25, -0.2) is 4.79 Å². The molecule has 1 aromatic carbocycles. The van der Waals surface area contributed by atoms with Gasteiger partial charge in [0.05, 0.1) is 13.5 Å². The van der Waals surface area contributed by atoms with Gasteiger partial charge in [-0.15, -0.1) is 0 Å². The van der Waals surface area contributed by atoms with Crippen LogP contribution in [0, 0.1) is 6.92 Å². The lowest BCUT2D eigenvalue weighted by Gasteiger charge is -2.23. The largest absolute Gasteiger partial charge is 0.496 e. The summed E-state index contributed by atoms with van der Waals surface area (Å²) in [5, 5.41) is 0. The van der Waals surface area contributed by atoms with Crippen LogP contribution in [-0.2, 0) is 17.8 Å². The number of carbonyl (C=O) groups excluding carboxylic acids is 1. The lowest BCUT2D eigenvalue weighted by Crippen LogP contribution is -2.41. The van der Waals surface area contributed by atoms with E-state index < -0.39 is 11.2 Å². The molecule has 2 aromatic rings. The number of likely N-dealkylation sites (N-methyl/N-ethyl adjacent to an activating group) is 1. The Morgan fingerprint density at radius 2 is 2.00 bits per heavy atom. The van der Waals surface area contributed by atoms with Crippen molar-refractivity contribution in [2.75, 3.05) is 24.3 Å². The fourth-order valence-corrected chi connectivity index (χ4v) is 3.14. The van der Waals surface area contributed by atoms with E-state index in [1.54, 1.807) is 20.1 Å². The molecule has 1 amide bonds. The SMILES string of the molecule is CCCCn1c(N)c(N(CC)C(=O)Cc2cc(C)ccc2OC)c(=O)[nH]c1=O. The maximum Gasteiger partial charge on any atom is 0.330 e. The summed E-state index contributed by atoms with van der Waals surface area (Å²) in [5.41, 5.74) is 6.64. The van der Waals surface area contributed by atoms with Crippen LogP contribution >= 0.6 is 0 Å². The fraction of sp³-hybridized carbons (Fsp3) is 0.450. The molecular weight excluding hydrogens is 360 g/mol. The van der Waals surface area contributed by atoms with Crippen molar-refractivity contribution in [3.05, 3.63) is 50.2 Å². The number of aryl methyl sites for hydroxylation is 1. The standard InChI is InChI=1S/C20H28N4O4/c1-5-7-10-24-18(21)17(19(26)22-20(24)27)23(6-2)16(25)12-14-11-13(3)8-9-15(14)28-4/h8-9,11H,5-7,10,12,21H2,1-4H3,(H,22,26,27). The van der Waals surface area contributed by atoms with E-state index in [4.69, 9.17) is 10.5 Å². The van der Waals surface area contributed by atoms with E-state index in [9.17, 15) is 14.4 Å². The number of aromatic amines is 1. The highest BCUT2D eigenvalue weighted by atomic mass is 16.5. The van der Waals surface area contributed by atoms with Crippen LogP contribution in [0.2, 0.25) is 0 Å². The van der Waals surface area contributed by atoms with E-state index in [1.165, 1.54) is 9.47 Å². The Morgan fingerprint density at radius 3 is 2.61 bits per heavy atom. The van der Waals surface area contributed by atoms with Crippen molar-refractivity contribution >= 4 is 17.4 Å². The molecule has 0 saturated heterocycles. The van der Waals surface area contributed by atoms with Crippen molar-refractivity contribution < 1.29 is 9.53 Å². The van der Waals surface area contributed by atoms with Crippen LogP contribution in [0.3, 0.4) is 0 Å². The number of methoxy groups -OCH3 is 1. The van der Waals surface area contributed by atoms with E-state index >= 15 is 0 Å². The summed E-state index contributed by atoms with van der Waals surface area (Å²) in [5.74, 6) is 0.308. The Kier molecular flexibility index (Phi) is 7.03. The lowest BCUT2D eigenvalue weighted by molar-refractivity contribution is -0.118. The summed E-state index contributed by atoms with van der Waals surface area (Å²) >= 11 is 0. The minimum atomic E-state index is -0.665. The molecule has 0 saturated carbocycles. The molecule has 28 heavy (non-hydrogen) atoms. The molecule has 0 fully saturated rings. The number of aromatic nitrogens is 2. The number of benzene rings is 1. The van der Waals surface area contributed by atoms with Gasteiger partial charge in [-0.1, -0.05) is 31.0 Å². The van der Waals surface area contributed by atoms with Crippen LogP contribution in [0.4, 0.5) is 11.5 Å². The first-order chi connectivity index (χ1) is 13.3. The first-order valence-electron chi connectivity index (χ1n) is 9.40. The van der Waals surface area contributed by atoms with Gasteiger partial charge in [0.15, 0.2) is 5.69 Å². The molecule has 0 aliphatic heterocycles. The van der Waals surface area contributed by atoms with Crippen molar-refractivity contribution in [1.82, 2.24) is 9.55 Å². The lowest BCUT2D eigenvalue weighted by atomic mass is 10.1. The third-order valence-corrected chi connectivity index (χ3v) is 4.61. The second-order valence-electron chi connectivity index (χ2n) is 6.63. The number of anilines is 2. The number of amides is 1. The maximum absolute atomic E-state index is 13.0. The third kappa shape index (κ3) is 4.44. The van der Waals surface area contributed by atoms with Crippen LogP contribution in [-0.4, -0.2) is 29.1 Å². The molecule has 0 radical (unpaired) electrons. The Bertz CT molecular complexity index is 962. The molecule has 2 rings (SSSR count). The maximum atomic E-state index is 13.0. The molecule has 0 spiro atoms. The third-order valence-electron chi connectivity index (χ3n) is 4.61. The minimum absolute atomic E-state index is 0.00797. The average Bonchev–Trinajstić information content (AvgIpc) is 2.65. The van der Waals surface area contributed by atoms with Crippen molar-refractivity contribution in [1.29, 1.82) is 0 Å². The smallest absolute Gasteiger partial charge is 0.330 e.